The molecule has 4 N–H and O–H groups in total. The molecular weight excluding hydrogens is 449 g/mol. The lowest BCUT2D eigenvalue weighted by Crippen LogP contribution is -2.49. The van der Waals surface area contributed by atoms with E-state index >= 15 is 0 Å². The zero-order valence-electron chi connectivity index (χ0n) is 21.2. The summed E-state index contributed by atoms with van der Waals surface area (Å²) in [4.78, 5) is 33.3. The number of primary amides is 1. The largest absolute Gasteiger partial charge is 0.393 e. The molecule has 1 spiro atoms. The molecule has 0 radical (unpaired) electrons. The Morgan fingerprint density at radius 2 is 1.91 bits per heavy atom. The van der Waals surface area contributed by atoms with Crippen LogP contribution in [0.25, 0.3) is 0 Å². The molecule has 0 atom stereocenters. The number of hydrogen-bond acceptors (Lipinski definition) is 6. The molecule has 0 unspecified atom stereocenters. The number of aryl methyl sites for hydroxylation is 2. The summed E-state index contributed by atoms with van der Waals surface area (Å²) in [5.41, 5.74) is 7.88. The Morgan fingerprint density at radius 1 is 1.26 bits per heavy atom. The van der Waals surface area contributed by atoms with Gasteiger partial charge in [-0.15, -0.1) is 0 Å². The molecule has 4 rings (SSSR count). The molecule has 2 aromatic rings. The summed E-state index contributed by atoms with van der Waals surface area (Å²) < 4.78 is 14.0. The minimum absolute atomic E-state index is 0.0140. The Labute approximate surface area is 206 Å². The van der Waals surface area contributed by atoms with Gasteiger partial charge in [0, 0.05) is 19.2 Å². The van der Waals surface area contributed by atoms with E-state index in [4.69, 9.17) is 10.8 Å². The number of aromatic nitrogens is 2. The SMILES string of the molecule is CC1CC2(C1)CC(O)C2.CCCC(=O)N(C)c1cnc(Nc2cc(F)c(C(N)=O)cc2C)nc1C. The summed E-state index contributed by atoms with van der Waals surface area (Å²) in [5.74, 6) is -0.355. The molecule has 2 saturated carbocycles. The summed E-state index contributed by atoms with van der Waals surface area (Å²) in [6, 6.07) is 2.55. The third kappa shape index (κ3) is 6.14. The maximum Gasteiger partial charge on any atom is 0.251 e. The number of halogens is 1. The van der Waals surface area contributed by atoms with E-state index in [2.05, 4.69) is 22.2 Å². The number of carbonyl (C=O) groups excluding carboxylic acids is 2. The van der Waals surface area contributed by atoms with E-state index in [0.29, 0.717) is 34.5 Å². The molecule has 2 aliphatic carbocycles. The smallest absolute Gasteiger partial charge is 0.251 e. The second kappa shape index (κ2) is 10.7. The van der Waals surface area contributed by atoms with Crippen molar-refractivity contribution in [2.24, 2.45) is 17.1 Å². The van der Waals surface area contributed by atoms with Crippen molar-refractivity contribution in [1.29, 1.82) is 0 Å². The van der Waals surface area contributed by atoms with Gasteiger partial charge in [0.15, 0.2) is 0 Å². The van der Waals surface area contributed by atoms with Crippen molar-refractivity contribution in [3.05, 3.63) is 41.0 Å². The first-order valence-corrected chi connectivity index (χ1v) is 12.1. The summed E-state index contributed by atoms with van der Waals surface area (Å²) in [5, 5.41) is 12.0. The molecule has 35 heavy (non-hydrogen) atoms. The topological polar surface area (TPSA) is 121 Å². The minimum Gasteiger partial charge on any atom is -0.393 e. The fourth-order valence-electron chi connectivity index (χ4n) is 5.18. The molecule has 1 aromatic carbocycles. The standard InChI is InChI=1S/C18H22FN5O2.C8H14O/c1-5-6-16(25)24(4)15-9-21-18(22-11(15)3)23-14-8-13(19)12(17(20)26)7-10(14)2;1-6-2-8(3-6)4-7(9)5-8/h7-9H,5-6H2,1-4H3,(H2,20,26)(H,21,22,23);6-7,9H,2-5H2,1H3. The number of nitrogens with zero attached hydrogens (tertiary/aromatic N) is 3. The van der Waals surface area contributed by atoms with Crippen molar-refractivity contribution in [2.75, 3.05) is 17.3 Å². The highest BCUT2D eigenvalue weighted by Crippen LogP contribution is 2.58. The van der Waals surface area contributed by atoms with Gasteiger partial charge in [-0.25, -0.2) is 14.4 Å². The van der Waals surface area contributed by atoms with E-state index in [0.717, 1.165) is 25.2 Å². The first-order chi connectivity index (χ1) is 16.4. The minimum atomic E-state index is -0.826. The number of aliphatic hydroxyl groups is 1. The van der Waals surface area contributed by atoms with Crippen molar-refractivity contribution < 1.29 is 19.1 Å². The summed E-state index contributed by atoms with van der Waals surface area (Å²) in [6.07, 6.45) is 7.75. The van der Waals surface area contributed by atoms with Crippen LogP contribution in [0.1, 0.15) is 74.0 Å². The molecule has 0 bridgehead atoms. The van der Waals surface area contributed by atoms with Gasteiger partial charge in [-0.1, -0.05) is 13.8 Å². The number of aliphatic hydroxyl groups excluding tert-OH is 1. The van der Waals surface area contributed by atoms with Crippen molar-refractivity contribution in [3.8, 4) is 0 Å². The van der Waals surface area contributed by atoms with Crippen molar-refractivity contribution in [1.82, 2.24) is 9.97 Å². The predicted molar refractivity (Wildman–Crippen MR) is 134 cm³/mol. The molecule has 1 aromatic heterocycles. The lowest BCUT2D eigenvalue weighted by Gasteiger charge is -2.55. The van der Waals surface area contributed by atoms with Crippen LogP contribution in [0, 0.1) is 31.0 Å². The van der Waals surface area contributed by atoms with Gasteiger partial charge in [-0.2, -0.15) is 0 Å². The molecule has 1 heterocycles. The highest BCUT2D eigenvalue weighted by molar-refractivity contribution is 5.94. The van der Waals surface area contributed by atoms with Gasteiger partial charge >= 0.3 is 0 Å². The number of amides is 2. The number of carbonyl (C=O) groups is 2. The van der Waals surface area contributed by atoms with Crippen LogP contribution in [0.3, 0.4) is 0 Å². The molecule has 2 fully saturated rings. The number of anilines is 3. The van der Waals surface area contributed by atoms with Crippen molar-refractivity contribution in [2.45, 2.75) is 72.3 Å². The number of rotatable bonds is 6. The average Bonchev–Trinajstić information content (AvgIpc) is 2.74. The fraction of sp³-hybridized carbons (Fsp3) is 0.538. The Morgan fingerprint density at radius 3 is 2.43 bits per heavy atom. The van der Waals surface area contributed by atoms with E-state index in [-0.39, 0.29) is 23.5 Å². The Kier molecular flexibility index (Phi) is 8.10. The van der Waals surface area contributed by atoms with Gasteiger partial charge in [0.05, 0.1) is 29.2 Å². The molecule has 190 valence electrons. The first-order valence-electron chi connectivity index (χ1n) is 12.1. The second-order valence-corrected chi connectivity index (χ2v) is 10.1. The predicted octanol–water partition coefficient (Wildman–Crippen LogP) is 4.40. The summed E-state index contributed by atoms with van der Waals surface area (Å²) in [7, 11) is 1.68. The van der Waals surface area contributed by atoms with Crippen LogP contribution in [0.2, 0.25) is 0 Å². The van der Waals surface area contributed by atoms with Crippen LogP contribution in [-0.2, 0) is 4.79 Å². The van der Waals surface area contributed by atoms with Gasteiger partial charge in [0.2, 0.25) is 11.9 Å². The third-order valence-electron chi connectivity index (χ3n) is 6.88. The molecule has 2 aliphatic rings. The van der Waals surface area contributed by atoms with Gasteiger partial charge in [0.25, 0.3) is 5.91 Å². The van der Waals surface area contributed by atoms with Crippen molar-refractivity contribution >= 4 is 29.1 Å². The molecule has 2 amide bonds. The van der Waals surface area contributed by atoms with E-state index in [1.807, 2.05) is 6.92 Å². The fourth-order valence-corrected chi connectivity index (χ4v) is 5.18. The number of nitrogens with one attached hydrogen (secondary N) is 1. The van der Waals surface area contributed by atoms with Gasteiger partial charge in [-0.05, 0) is 75.0 Å². The van der Waals surface area contributed by atoms with Crippen molar-refractivity contribution in [3.63, 3.8) is 0 Å². The zero-order valence-corrected chi connectivity index (χ0v) is 21.2. The monoisotopic (exact) mass is 485 g/mol. The number of benzene rings is 1. The molecular formula is C26H36FN5O3. The number of hydrogen-bond donors (Lipinski definition) is 3. The molecule has 0 saturated heterocycles. The van der Waals surface area contributed by atoms with Gasteiger partial charge in [0.1, 0.15) is 5.82 Å². The van der Waals surface area contributed by atoms with E-state index in [1.54, 1.807) is 27.1 Å². The van der Waals surface area contributed by atoms with Crippen LogP contribution in [0.4, 0.5) is 21.7 Å². The average molecular weight is 486 g/mol. The Hall–Kier alpha value is -3.07. The van der Waals surface area contributed by atoms with Gasteiger partial charge < -0.3 is 21.1 Å². The second-order valence-electron chi connectivity index (χ2n) is 10.1. The third-order valence-corrected chi connectivity index (χ3v) is 6.88. The van der Waals surface area contributed by atoms with E-state index in [1.165, 1.54) is 29.9 Å². The lowest BCUT2D eigenvalue weighted by atomic mass is 9.51. The Balaban J connectivity index is 0.000000313. The maximum absolute atomic E-state index is 14.0. The zero-order chi connectivity index (χ0) is 25.9. The summed E-state index contributed by atoms with van der Waals surface area (Å²) >= 11 is 0. The van der Waals surface area contributed by atoms with Crippen LogP contribution >= 0.6 is 0 Å². The first kappa shape index (κ1) is 26.5. The molecule has 0 aliphatic heterocycles. The lowest BCUT2D eigenvalue weighted by molar-refractivity contribution is -0.118. The Bertz CT molecular complexity index is 1080. The highest BCUT2D eigenvalue weighted by Gasteiger charge is 2.50. The quantitative estimate of drug-likeness (QED) is 0.558. The van der Waals surface area contributed by atoms with Crippen LogP contribution < -0.4 is 16.0 Å². The van der Waals surface area contributed by atoms with Gasteiger partial charge in [-0.3, -0.25) is 9.59 Å². The molecule has 9 heteroatoms. The summed E-state index contributed by atoms with van der Waals surface area (Å²) in [6.45, 7) is 7.72. The highest BCUT2D eigenvalue weighted by atomic mass is 19.1. The number of nitrogens with two attached hydrogens (primary N) is 1. The van der Waals surface area contributed by atoms with Crippen LogP contribution in [-0.4, -0.2) is 40.0 Å². The van der Waals surface area contributed by atoms with Crippen LogP contribution in [0.5, 0.6) is 0 Å². The maximum atomic E-state index is 14.0. The van der Waals surface area contributed by atoms with E-state index in [9.17, 15) is 14.0 Å². The van der Waals surface area contributed by atoms with Crippen LogP contribution in [0.15, 0.2) is 18.3 Å². The van der Waals surface area contributed by atoms with E-state index < -0.39 is 11.7 Å². The normalized spacial score (nSPS) is 22.4. The molecule has 8 nitrogen and oxygen atoms in total.